The lowest BCUT2D eigenvalue weighted by Gasteiger charge is -2.18. The van der Waals surface area contributed by atoms with Crippen LogP contribution in [0.2, 0.25) is 0 Å². The van der Waals surface area contributed by atoms with Crippen LogP contribution < -0.4 is 10.1 Å². The average Bonchev–Trinajstić information content (AvgIpc) is 2.87. The number of rotatable bonds is 5. The third-order valence-electron chi connectivity index (χ3n) is 3.46. The summed E-state index contributed by atoms with van der Waals surface area (Å²) >= 11 is 0. The summed E-state index contributed by atoms with van der Waals surface area (Å²) in [6.07, 6.45) is 0.146. The lowest BCUT2D eigenvalue weighted by molar-refractivity contribution is -0.147. The summed E-state index contributed by atoms with van der Waals surface area (Å²) in [7, 11) is 0. The highest BCUT2D eigenvalue weighted by atomic mass is 16.5. The Morgan fingerprint density at radius 3 is 2.90 bits per heavy atom. The highest BCUT2D eigenvalue weighted by Gasteiger charge is 2.35. The van der Waals surface area contributed by atoms with Gasteiger partial charge in [0.15, 0.2) is 0 Å². The minimum Gasteiger partial charge on any atom is -0.491 e. The van der Waals surface area contributed by atoms with Crippen molar-refractivity contribution in [2.75, 3.05) is 19.7 Å². The second-order valence-electron chi connectivity index (χ2n) is 5.36. The SMILES string of the molecule is CCOC(=O)C1CNCC1c1cccc(OC(C)C)c1. The van der Waals surface area contributed by atoms with Crippen molar-refractivity contribution < 1.29 is 14.3 Å². The van der Waals surface area contributed by atoms with Crippen LogP contribution in [0.3, 0.4) is 0 Å². The quantitative estimate of drug-likeness (QED) is 0.839. The van der Waals surface area contributed by atoms with Crippen LogP contribution >= 0.6 is 0 Å². The number of hydrogen-bond donors (Lipinski definition) is 1. The van der Waals surface area contributed by atoms with Gasteiger partial charge in [0.25, 0.3) is 0 Å². The van der Waals surface area contributed by atoms with Gasteiger partial charge in [-0.3, -0.25) is 4.79 Å². The van der Waals surface area contributed by atoms with E-state index in [4.69, 9.17) is 9.47 Å². The molecule has 1 fully saturated rings. The number of carbonyl (C=O) groups is 1. The fraction of sp³-hybridized carbons (Fsp3) is 0.562. The molecule has 0 radical (unpaired) electrons. The van der Waals surface area contributed by atoms with Crippen molar-refractivity contribution in [3.05, 3.63) is 29.8 Å². The highest BCUT2D eigenvalue weighted by Crippen LogP contribution is 2.31. The van der Waals surface area contributed by atoms with Gasteiger partial charge >= 0.3 is 5.97 Å². The van der Waals surface area contributed by atoms with Gasteiger partial charge in [0.05, 0.1) is 18.6 Å². The average molecular weight is 277 g/mol. The van der Waals surface area contributed by atoms with Gasteiger partial charge in [-0.25, -0.2) is 0 Å². The Morgan fingerprint density at radius 2 is 2.20 bits per heavy atom. The van der Waals surface area contributed by atoms with Crippen LogP contribution in [-0.4, -0.2) is 31.8 Å². The largest absolute Gasteiger partial charge is 0.491 e. The summed E-state index contributed by atoms with van der Waals surface area (Å²) in [5.74, 6) is 0.790. The molecule has 20 heavy (non-hydrogen) atoms. The van der Waals surface area contributed by atoms with Gasteiger partial charge in [0.2, 0.25) is 0 Å². The highest BCUT2D eigenvalue weighted by molar-refractivity contribution is 5.74. The maximum Gasteiger partial charge on any atom is 0.310 e. The molecule has 1 aliphatic rings. The van der Waals surface area contributed by atoms with E-state index in [1.165, 1.54) is 0 Å². The molecule has 2 atom stereocenters. The first-order valence-electron chi connectivity index (χ1n) is 7.25. The topological polar surface area (TPSA) is 47.6 Å². The molecule has 1 aliphatic heterocycles. The number of esters is 1. The normalized spacial score (nSPS) is 22.0. The van der Waals surface area contributed by atoms with Crippen LogP contribution in [0, 0.1) is 5.92 Å². The van der Waals surface area contributed by atoms with Crippen LogP contribution in [0.25, 0.3) is 0 Å². The summed E-state index contributed by atoms with van der Waals surface area (Å²) in [4.78, 5) is 12.0. The summed E-state index contributed by atoms with van der Waals surface area (Å²) in [6.45, 7) is 7.76. The molecule has 2 rings (SSSR count). The third-order valence-corrected chi connectivity index (χ3v) is 3.46. The molecular weight excluding hydrogens is 254 g/mol. The van der Waals surface area contributed by atoms with Crippen molar-refractivity contribution in [2.45, 2.75) is 32.8 Å². The third kappa shape index (κ3) is 3.51. The molecule has 0 aliphatic carbocycles. The fourth-order valence-electron chi connectivity index (χ4n) is 2.62. The Morgan fingerprint density at radius 1 is 1.40 bits per heavy atom. The van der Waals surface area contributed by atoms with E-state index >= 15 is 0 Å². The van der Waals surface area contributed by atoms with Crippen LogP contribution in [0.15, 0.2) is 24.3 Å². The minimum atomic E-state index is -0.113. The first-order valence-corrected chi connectivity index (χ1v) is 7.25. The molecule has 2 unspecified atom stereocenters. The molecule has 4 heteroatoms. The minimum absolute atomic E-state index is 0.107. The lowest BCUT2D eigenvalue weighted by atomic mass is 9.89. The Bertz CT molecular complexity index is 459. The van der Waals surface area contributed by atoms with Gasteiger partial charge in [0.1, 0.15) is 5.75 Å². The van der Waals surface area contributed by atoms with E-state index in [-0.39, 0.29) is 23.9 Å². The van der Waals surface area contributed by atoms with Crippen molar-refractivity contribution in [3.8, 4) is 5.75 Å². The second-order valence-corrected chi connectivity index (χ2v) is 5.36. The molecule has 1 heterocycles. The molecule has 110 valence electrons. The van der Waals surface area contributed by atoms with E-state index < -0.39 is 0 Å². The lowest BCUT2D eigenvalue weighted by Crippen LogP contribution is -2.24. The summed E-state index contributed by atoms with van der Waals surface area (Å²) in [5, 5.41) is 3.28. The van der Waals surface area contributed by atoms with Crippen molar-refractivity contribution in [2.24, 2.45) is 5.92 Å². The van der Waals surface area contributed by atoms with E-state index in [1.807, 2.05) is 39.0 Å². The number of hydrogen-bond acceptors (Lipinski definition) is 4. The summed E-state index contributed by atoms with van der Waals surface area (Å²) < 4.78 is 10.9. The predicted octanol–water partition coefficient (Wildman–Crippen LogP) is 2.34. The van der Waals surface area contributed by atoms with Crippen LogP contribution in [0.4, 0.5) is 0 Å². The molecule has 0 spiro atoms. The molecule has 1 aromatic carbocycles. The monoisotopic (exact) mass is 277 g/mol. The first kappa shape index (κ1) is 14.9. The zero-order valence-corrected chi connectivity index (χ0v) is 12.4. The molecule has 1 N–H and O–H groups in total. The van der Waals surface area contributed by atoms with E-state index in [1.54, 1.807) is 0 Å². The van der Waals surface area contributed by atoms with Gasteiger partial charge in [-0.15, -0.1) is 0 Å². The van der Waals surface area contributed by atoms with Gasteiger partial charge in [-0.05, 0) is 38.5 Å². The van der Waals surface area contributed by atoms with E-state index in [0.29, 0.717) is 13.2 Å². The smallest absolute Gasteiger partial charge is 0.310 e. The number of carbonyl (C=O) groups excluding carboxylic acids is 1. The van der Waals surface area contributed by atoms with Crippen LogP contribution in [-0.2, 0) is 9.53 Å². The van der Waals surface area contributed by atoms with Gasteiger partial charge in [-0.2, -0.15) is 0 Å². The Labute approximate surface area is 120 Å². The van der Waals surface area contributed by atoms with Crippen LogP contribution in [0.5, 0.6) is 5.75 Å². The molecule has 0 amide bonds. The van der Waals surface area contributed by atoms with Crippen molar-refractivity contribution in [1.29, 1.82) is 0 Å². The predicted molar refractivity (Wildman–Crippen MR) is 77.9 cm³/mol. The Hall–Kier alpha value is -1.55. The number of ether oxygens (including phenoxy) is 2. The van der Waals surface area contributed by atoms with E-state index in [0.717, 1.165) is 17.9 Å². The summed E-state index contributed by atoms with van der Waals surface area (Å²) in [6, 6.07) is 8.01. The van der Waals surface area contributed by atoms with Crippen molar-refractivity contribution >= 4 is 5.97 Å². The molecular formula is C16H23NO3. The van der Waals surface area contributed by atoms with E-state index in [2.05, 4.69) is 11.4 Å². The molecule has 4 nitrogen and oxygen atoms in total. The zero-order chi connectivity index (χ0) is 14.5. The van der Waals surface area contributed by atoms with E-state index in [9.17, 15) is 4.79 Å². The Balaban J connectivity index is 2.15. The second kappa shape index (κ2) is 6.75. The standard InChI is InChI=1S/C16H23NO3/c1-4-19-16(18)15-10-17-9-14(15)12-6-5-7-13(8-12)20-11(2)3/h5-8,11,14-15,17H,4,9-10H2,1-3H3. The maximum atomic E-state index is 12.0. The van der Waals surface area contributed by atoms with Gasteiger partial charge < -0.3 is 14.8 Å². The van der Waals surface area contributed by atoms with Crippen LogP contribution in [0.1, 0.15) is 32.3 Å². The number of nitrogens with one attached hydrogen (secondary N) is 1. The van der Waals surface area contributed by atoms with Gasteiger partial charge in [-0.1, -0.05) is 12.1 Å². The van der Waals surface area contributed by atoms with Crippen molar-refractivity contribution in [3.63, 3.8) is 0 Å². The maximum absolute atomic E-state index is 12.0. The fourth-order valence-corrected chi connectivity index (χ4v) is 2.62. The Kier molecular flexibility index (Phi) is 5.01. The molecule has 1 aromatic rings. The number of benzene rings is 1. The molecule has 0 saturated carbocycles. The van der Waals surface area contributed by atoms with Gasteiger partial charge in [0, 0.05) is 19.0 Å². The molecule has 0 aromatic heterocycles. The van der Waals surface area contributed by atoms with Crippen molar-refractivity contribution in [1.82, 2.24) is 5.32 Å². The first-order chi connectivity index (χ1) is 9.61. The zero-order valence-electron chi connectivity index (χ0n) is 12.4. The summed E-state index contributed by atoms with van der Waals surface area (Å²) in [5.41, 5.74) is 1.13. The molecule has 1 saturated heterocycles. The molecule has 0 bridgehead atoms.